The quantitative estimate of drug-likeness (QED) is 0.762. The number of aromatic nitrogens is 2. The number of carbonyl (C=O) groups is 1. The van der Waals surface area contributed by atoms with Crippen LogP contribution in [0.2, 0.25) is 0 Å². The Kier molecular flexibility index (Phi) is 2.41. The van der Waals surface area contributed by atoms with E-state index in [1.165, 1.54) is 0 Å². The van der Waals surface area contributed by atoms with E-state index in [1.54, 1.807) is 12.3 Å². The van der Waals surface area contributed by atoms with Gasteiger partial charge >= 0.3 is 5.97 Å². The van der Waals surface area contributed by atoms with Gasteiger partial charge in [0.05, 0.1) is 17.8 Å². The highest BCUT2D eigenvalue weighted by molar-refractivity contribution is 5.92. The number of ether oxygens (including phenoxy) is 1. The van der Waals surface area contributed by atoms with E-state index in [1.807, 2.05) is 26.1 Å². The summed E-state index contributed by atoms with van der Waals surface area (Å²) < 4.78 is 5.05. The van der Waals surface area contributed by atoms with Crippen LogP contribution in [0, 0.1) is 0 Å². The molecule has 0 saturated heterocycles. The molecule has 78 valence electrons. The summed E-state index contributed by atoms with van der Waals surface area (Å²) in [4.78, 5) is 18.6. The fourth-order valence-electron chi connectivity index (χ4n) is 1.34. The van der Waals surface area contributed by atoms with Crippen molar-refractivity contribution in [3.8, 4) is 0 Å². The van der Waals surface area contributed by atoms with Crippen LogP contribution >= 0.6 is 0 Å². The first kappa shape index (κ1) is 9.71. The minimum Gasteiger partial charge on any atom is -0.458 e. The van der Waals surface area contributed by atoms with Crippen molar-refractivity contribution in [2.75, 3.05) is 0 Å². The normalized spacial score (nSPS) is 10.9. The Balaban J connectivity index is 2.31. The molecule has 0 bridgehead atoms. The first-order valence-electron chi connectivity index (χ1n) is 4.81. The average Bonchev–Trinajstić information content (AvgIpc) is 2.62. The van der Waals surface area contributed by atoms with Crippen molar-refractivity contribution in [2.24, 2.45) is 0 Å². The van der Waals surface area contributed by atoms with Gasteiger partial charge in [-0.25, -0.2) is 9.78 Å². The van der Waals surface area contributed by atoms with E-state index in [0.29, 0.717) is 5.69 Å². The Labute approximate surface area is 87.3 Å². The number of esters is 1. The largest absolute Gasteiger partial charge is 0.458 e. The Morgan fingerprint density at radius 2 is 2.33 bits per heavy atom. The second-order valence-corrected chi connectivity index (χ2v) is 3.59. The first-order valence-corrected chi connectivity index (χ1v) is 4.81. The van der Waals surface area contributed by atoms with E-state index in [0.717, 1.165) is 10.9 Å². The molecule has 0 spiro atoms. The van der Waals surface area contributed by atoms with Gasteiger partial charge in [-0.05, 0) is 26.0 Å². The highest BCUT2D eigenvalue weighted by Crippen LogP contribution is 2.12. The predicted octanol–water partition coefficient (Wildman–Crippen LogP) is 2.13. The van der Waals surface area contributed by atoms with Gasteiger partial charge in [-0.3, -0.25) is 0 Å². The third-order valence-corrected chi connectivity index (χ3v) is 1.99. The molecule has 2 rings (SSSR count). The summed E-state index contributed by atoms with van der Waals surface area (Å²) in [5.74, 6) is -0.381. The molecule has 1 N–H and O–H groups in total. The zero-order valence-electron chi connectivity index (χ0n) is 8.65. The number of fused-ring (bicyclic) bond motifs is 1. The smallest absolute Gasteiger partial charge is 0.357 e. The van der Waals surface area contributed by atoms with E-state index in [9.17, 15) is 4.79 Å². The lowest BCUT2D eigenvalue weighted by Crippen LogP contribution is -2.12. The van der Waals surface area contributed by atoms with Gasteiger partial charge in [-0.1, -0.05) is 0 Å². The van der Waals surface area contributed by atoms with E-state index < -0.39 is 0 Å². The molecular weight excluding hydrogens is 192 g/mol. The van der Waals surface area contributed by atoms with Crippen molar-refractivity contribution in [3.63, 3.8) is 0 Å². The lowest BCUT2D eigenvalue weighted by molar-refractivity contribution is 0.0371. The maximum atomic E-state index is 11.5. The van der Waals surface area contributed by atoms with Crippen molar-refractivity contribution in [1.82, 2.24) is 9.97 Å². The van der Waals surface area contributed by atoms with Gasteiger partial charge in [0.2, 0.25) is 0 Å². The van der Waals surface area contributed by atoms with Crippen LogP contribution in [0.1, 0.15) is 24.3 Å². The minimum atomic E-state index is -0.381. The number of nitrogens with one attached hydrogen (secondary N) is 1. The second-order valence-electron chi connectivity index (χ2n) is 3.59. The summed E-state index contributed by atoms with van der Waals surface area (Å²) in [5.41, 5.74) is 1.26. The van der Waals surface area contributed by atoms with Crippen LogP contribution in [0.3, 0.4) is 0 Å². The Hall–Kier alpha value is -1.84. The van der Waals surface area contributed by atoms with Crippen molar-refractivity contribution in [2.45, 2.75) is 20.0 Å². The first-order chi connectivity index (χ1) is 7.16. The molecule has 0 aliphatic heterocycles. The van der Waals surface area contributed by atoms with Crippen LogP contribution in [-0.4, -0.2) is 22.0 Å². The molecule has 4 nitrogen and oxygen atoms in total. The van der Waals surface area contributed by atoms with Crippen LogP contribution in [0.4, 0.5) is 0 Å². The number of carbonyl (C=O) groups excluding carboxylic acids is 1. The SMILES string of the molecule is CC(C)OC(=O)c1cc2cc[nH]c2cn1. The summed E-state index contributed by atoms with van der Waals surface area (Å²) in [6.07, 6.45) is 3.32. The summed E-state index contributed by atoms with van der Waals surface area (Å²) in [6, 6.07) is 3.61. The molecule has 0 atom stereocenters. The molecule has 15 heavy (non-hydrogen) atoms. The van der Waals surface area contributed by atoms with E-state index >= 15 is 0 Å². The third kappa shape index (κ3) is 1.98. The molecule has 2 aromatic heterocycles. The highest BCUT2D eigenvalue weighted by atomic mass is 16.5. The van der Waals surface area contributed by atoms with Gasteiger partial charge in [-0.15, -0.1) is 0 Å². The zero-order valence-corrected chi connectivity index (χ0v) is 8.65. The average molecular weight is 204 g/mol. The van der Waals surface area contributed by atoms with Crippen LogP contribution in [0.25, 0.3) is 10.9 Å². The molecule has 0 radical (unpaired) electrons. The van der Waals surface area contributed by atoms with Crippen LogP contribution < -0.4 is 0 Å². The summed E-state index contributed by atoms with van der Waals surface area (Å²) >= 11 is 0. The molecule has 2 aromatic rings. The monoisotopic (exact) mass is 204 g/mol. The topological polar surface area (TPSA) is 55.0 Å². The molecule has 0 aliphatic rings. The summed E-state index contributed by atoms with van der Waals surface area (Å²) in [5, 5.41) is 0.959. The molecule has 4 heteroatoms. The number of hydrogen-bond donors (Lipinski definition) is 1. The van der Waals surface area contributed by atoms with Gasteiger partial charge < -0.3 is 9.72 Å². The van der Waals surface area contributed by atoms with Gasteiger partial charge in [0.25, 0.3) is 0 Å². The Morgan fingerprint density at radius 3 is 3.07 bits per heavy atom. The molecule has 0 saturated carbocycles. The van der Waals surface area contributed by atoms with Crippen molar-refractivity contribution < 1.29 is 9.53 Å². The molecule has 0 aliphatic carbocycles. The second kappa shape index (κ2) is 3.73. The lowest BCUT2D eigenvalue weighted by atomic mass is 10.2. The molecule has 0 aromatic carbocycles. The number of hydrogen-bond acceptors (Lipinski definition) is 3. The number of pyridine rings is 1. The lowest BCUT2D eigenvalue weighted by Gasteiger charge is -2.06. The van der Waals surface area contributed by atoms with Gasteiger partial charge in [-0.2, -0.15) is 0 Å². The van der Waals surface area contributed by atoms with Crippen molar-refractivity contribution in [3.05, 3.63) is 30.2 Å². The van der Waals surface area contributed by atoms with E-state index in [-0.39, 0.29) is 12.1 Å². The van der Waals surface area contributed by atoms with Gasteiger partial charge in [0.15, 0.2) is 0 Å². The third-order valence-electron chi connectivity index (χ3n) is 1.99. The zero-order chi connectivity index (χ0) is 10.8. The van der Waals surface area contributed by atoms with Crippen molar-refractivity contribution in [1.29, 1.82) is 0 Å². The van der Waals surface area contributed by atoms with Gasteiger partial charge in [0.1, 0.15) is 5.69 Å². The Morgan fingerprint density at radius 1 is 1.53 bits per heavy atom. The minimum absolute atomic E-state index is 0.124. The van der Waals surface area contributed by atoms with E-state index in [2.05, 4.69) is 9.97 Å². The summed E-state index contributed by atoms with van der Waals surface area (Å²) in [6.45, 7) is 3.62. The fraction of sp³-hybridized carbons (Fsp3) is 0.273. The van der Waals surface area contributed by atoms with Crippen LogP contribution in [-0.2, 0) is 4.74 Å². The molecule has 2 heterocycles. The van der Waals surface area contributed by atoms with Gasteiger partial charge in [0, 0.05) is 11.6 Å². The van der Waals surface area contributed by atoms with Crippen molar-refractivity contribution >= 4 is 16.9 Å². The number of aromatic amines is 1. The fourth-order valence-corrected chi connectivity index (χ4v) is 1.34. The standard InChI is InChI=1S/C11H12N2O2/c1-7(2)15-11(14)9-5-8-3-4-12-10(8)6-13-9/h3-7,12H,1-2H3. The number of nitrogens with zero attached hydrogens (tertiary/aromatic N) is 1. The van der Waals surface area contributed by atoms with E-state index in [4.69, 9.17) is 4.74 Å². The molecule has 0 unspecified atom stereocenters. The number of rotatable bonds is 2. The highest BCUT2D eigenvalue weighted by Gasteiger charge is 2.11. The number of H-pyrrole nitrogens is 1. The Bertz CT molecular complexity index is 488. The maximum absolute atomic E-state index is 11.5. The maximum Gasteiger partial charge on any atom is 0.357 e. The van der Waals surface area contributed by atoms with Crippen LogP contribution in [0.15, 0.2) is 24.5 Å². The molecule has 0 amide bonds. The molecular formula is C11H12N2O2. The molecule has 0 fully saturated rings. The predicted molar refractivity (Wildman–Crippen MR) is 56.6 cm³/mol. The summed E-state index contributed by atoms with van der Waals surface area (Å²) in [7, 11) is 0. The van der Waals surface area contributed by atoms with Crippen LogP contribution in [0.5, 0.6) is 0 Å².